The summed E-state index contributed by atoms with van der Waals surface area (Å²) in [4.78, 5) is 33.5. The Morgan fingerprint density at radius 1 is 1.09 bits per heavy atom. The molecule has 9 nitrogen and oxygen atoms in total. The second-order valence-corrected chi connectivity index (χ2v) is 9.60. The number of anilines is 1. The number of halogens is 2. The van der Waals surface area contributed by atoms with Crippen LogP contribution in [0.3, 0.4) is 0 Å². The van der Waals surface area contributed by atoms with Gasteiger partial charge < -0.3 is 9.64 Å². The topological polar surface area (TPSA) is 117 Å². The van der Waals surface area contributed by atoms with Crippen molar-refractivity contribution < 1.29 is 4.74 Å². The number of hydrogen-bond acceptors (Lipinski definition) is 7. The van der Waals surface area contributed by atoms with Crippen molar-refractivity contribution in [1.82, 2.24) is 14.1 Å². The van der Waals surface area contributed by atoms with Gasteiger partial charge in [0.05, 0.1) is 46.8 Å². The first-order valence-electron chi connectivity index (χ1n) is 10.8. The van der Waals surface area contributed by atoms with Crippen molar-refractivity contribution in [3.8, 4) is 29.0 Å². The summed E-state index contributed by atoms with van der Waals surface area (Å²) in [6.07, 6.45) is 3.61. The van der Waals surface area contributed by atoms with Crippen LogP contribution in [0.5, 0.6) is 0 Å². The monoisotopic (exact) mass is 508 g/mol. The van der Waals surface area contributed by atoms with Gasteiger partial charge in [-0.1, -0.05) is 23.2 Å². The van der Waals surface area contributed by atoms with Crippen molar-refractivity contribution in [2.75, 3.05) is 31.2 Å². The molecule has 2 aliphatic rings. The van der Waals surface area contributed by atoms with E-state index >= 15 is 0 Å². The molecule has 0 aliphatic carbocycles. The Hall–Kier alpha value is -3.63. The van der Waals surface area contributed by atoms with Crippen molar-refractivity contribution >= 4 is 29.0 Å². The number of nitriles is 2. The summed E-state index contributed by atoms with van der Waals surface area (Å²) in [7, 11) is 0. The summed E-state index contributed by atoms with van der Waals surface area (Å²) in [5, 5.41) is 19.6. The van der Waals surface area contributed by atoms with Crippen LogP contribution < -0.4 is 16.1 Å². The van der Waals surface area contributed by atoms with Crippen molar-refractivity contribution in [3.05, 3.63) is 73.1 Å². The molecule has 0 radical (unpaired) electrons. The van der Waals surface area contributed by atoms with Crippen LogP contribution >= 0.6 is 23.2 Å². The fraction of sp³-hybridized carbons (Fsp3) is 0.292. The molecule has 35 heavy (non-hydrogen) atoms. The van der Waals surface area contributed by atoms with Crippen molar-refractivity contribution in [2.24, 2.45) is 5.41 Å². The molecule has 0 N–H and O–H groups in total. The van der Waals surface area contributed by atoms with Crippen LogP contribution in [-0.4, -0.2) is 40.4 Å². The minimum Gasteiger partial charge on any atom is -0.381 e. The maximum Gasteiger partial charge on any atom is 0.338 e. The predicted molar refractivity (Wildman–Crippen MR) is 130 cm³/mol. The van der Waals surface area contributed by atoms with Gasteiger partial charge >= 0.3 is 5.69 Å². The van der Waals surface area contributed by atoms with Crippen molar-refractivity contribution in [2.45, 2.75) is 13.0 Å². The highest BCUT2D eigenvalue weighted by molar-refractivity contribution is 6.31. The lowest BCUT2D eigenvalue weighted by molar-refractivity contribution is 0.130. The Balaban J connectivity index is 1.83. The summed E-state index contributed by atoms with van der Waals surface area (Å²) in [5.74, 6) is 0.316. The molecule has 0 amide bonds. The molecule has 176 valence electrons. The largest absolute Gasteiger partial charge is 0.381 e. The fourth-order valence-electron chi connectivity index (χ4n) is 4.80. The van der Waals surface area contributed by atoms with E-state index in [0.29, 0.717) is 37.7 Å². The third-order valence-electron chi connectivity index (χ3n) is 6.35. The summed E-state index contributed by atoms with van der Waals surface area (Å²) in [5.41, 5.74) is -0.415. The lowest BCUT2D eigenvalue weighted by Gasteiger charge is -2.49. The third kappa shape index (κ3) is 3.98. The standard InChI is InChI=1S/C24H18Cl2N6O3/c25-17-6-15(9-28)5-16(7-17)20-21(30-12-24(13-30)1-4-35-14-24)31(3-2-27)23(34)32(22(20)33)19-8-18(26)10-29-11-19/h5-8,10-11H,1,3-4,12-14H2. The van der Waals surface area contributed by atoms with Crippen LogP contribution in [0.15, 0.2) is 46.2 Å². The number of aromatic nitrogens is 3. The zero-order valence-corrected chi connectivity index (χ0v) is 19.9. The Morgan fingerprint density at radius 3 is 2.54 bits per heavy atom. The van der Waals surface area contributed by atoms with E-state index in [1.807, 2.05) is 17.0 Å². The van der Waals surface area contributed by atoms with Gasteiger partial charge in [0.15, 0.2) is 0 Å². The molecule has 1 aromatic carbocycles. The molecule has 0 unspecified atom stereocenters. The second-order valence-electron chi connectivity index (χ2n) is 8.73. The Labute approximate surface area is 209 Å². The van der Waals surface area contributed by atoms with Gasteiger partial charge in [-0.05, 0) is 36.2 Å². The molecule has 0 saturated carbocycles. The molecule has 1 spiro atoms. The maximum absolute atomic E-state index is 14.0. The van der Waals surface area contributed by atoms with Crippen LogP contribution in [0.2, 0.25) is 10.0 Å². The fourth-order valence-corrected chi connectivity index (χ4v) is 5.20. The molecule has 3 aromatic rings. The van der Waals surface area contributed by atoms with E-state index < -0.39 is 11.2 Å². The molecule has 2 aliphatic heterocycles. The van der Waals surface area contributed by atoms with Gasteiger partial charge in [-0.25, -0.2) is 9.36 Å². The molecule has 2 fully saturated rings. The number of nitrogens with zero attached hydrogens (tertiary/aromatic N) is 6. The molecule has 11 heteroatoms. The molecule has 0 bridgehead atoms. The normalized spacial score (nSPS) is 16.1. The zero-order valence-electron chi connectivity index (χ0n) is 18.4. The van der Waals surface area contributed by atoms with Crippen LogP contribution in [0, 0.1) is 28.1 Å². The zero-order chi connectivity index (χ0) is 24.7. The number of benzene rings is 1. The highest BCUT2D eigenvalue weighted by Gasteiger charge is 2.47. The van der Waals surface area contributed by atoms with Crippen LogP contribution in [0.1, 0.15) is 12.0 Å². The van der Waals surface area contributed by atoms with Gasteiger partial charge in [-0.2, -0.15) is 10.5 Å². The van der Waals surface area contributed by atoms with E-state index in [1.54, 1.807) is 12.1 Å². The Kier molecular flexibility index (Phi) is 5.86. The smallest absolute Gasteiger partial charge is 0.338 e. The first kappa shape index (κ1) is 23.1. The van der Waals surface area contributed by atoms with E-state index in [9.17, 15) is 20.1 Å². The predicted octanol–water partition coefficient (Wildman–Crippen LogP) is 2.99. The summed E-state index contributed by atoms with van der Waals surface area (Å²) >= 11 is 12.4. The minimum absolute atomic E-state index is 0.0529. The average molecular weight is 509 g/mol. The number of pyridine rings is 1. The first-order valence-corrected chi connectivity index (χ1v) is 11.5. The third-order valence-corrected chi connectivity index (χ3v) is 6.77. The van der Waals surface area contributed by atoms with Crippen LogP contribution in [0.4, 0.5) is 5.82 Å². The minimum atomic E-state index is -0.689. The second kappa shape index (κ2) is 8.86. The maximum atomic E-state index is 14.0. The van der Waals surface area contributed by atoms with Gasteiger partial charge in [0.1, 0.15) is 12.4 Å². The van der Waals surface area contributed by atoms with Crippen LogP contribution in [-0.2, 0) is 11.3 Å². The highest BCUT2D eigenvalue weighted by atomic mass is 35.5. The van der Waals surface area contributed by atoms with Gasteiger partial charge in [0, 0.05) is 36.3 Å². The lowest BCUT2D eigenvalue weighted by Crippen LogP contribution is -2.59. The van der Waals surface area contributed by atoms with Gasteiger partial charge in [-0.15, -0.1) is 0 Å². The number of ether oxygens (including phenoxy) is 1. The summed E-state index contributed by atoms with van der Waals surface area (Å²) in [6.45, 7) is 2.11. The summed E-state index contributed by atoms with van der Waals surface area (Å²) in [6, 6.07) is 10.1. The summed E-state index contributed by atoms with van der Waals surface area (Å²) < 4.78 is 7.79. The van der Waals surface area contributed by atoms with E-state index in [-0.39, 0.29) is 38.8 Å². The number of rotatable bonds is 4. The molecule has 2 saturated heterocycles. The lowest BCUT2D eigenvalue weighted by atomic mass is 9.79. The molecular weight excluding hydrogens is 491 g/mol. The highest BCUT2D eigenvalue weighted by Crippen LogP contribution is 2.43. The quantitative estimate of drug-likeness (QED) is 0.531. The van der Waals surface area contributed by atoms with Gasteiger partial charge in [0.2, 0.25) is 0 Å². The Morgan fingerprint density at radius 2 is 1.89 bits per heavy atom. The molecule has 2 aromatic heterocycles. The van der Waals surface area contributed by atoms with E-state index in [4.69, 9.17) is 27.9 Å². The van der Waals surface area contributed by atoms with Gasteiger partial charge in [0.25, 0.3) is 5.56 Å². The first-order chi connectivity index (χ1) is 16.9. The van der Waals surface area contributed by atoms with E-state index in [2.05, 4.69) is 4.98 Å². The average Bonchev–Trinajstić information content (AvgIpc) is 3.30. The van der Waals surface area contributed by atoms with Gasteiger partial charge in [-0.3, -0.25) is 14.3 Å². The van der Waals surface area contributed by atoms with Crippen molar-refractivity contribution in [3.63, 3.8) is 0 Å². The molecule has 0 atom stereocenters. The Bertz CT molecular complexity index is 1530. The number of hydrogen-bond donors (Lipinski definition) is 0. The SMILES string of the molecule is N#CCn1c(N2CC3(CCOC3)C2)c(-c2cc(Cl)cc(C#N)c2)c(=O)n(-c2cncc(Cl)c2)c1=O. The van der Waals surface area contributed by atoms with Crippen LogP contribution in [0.25, 0.3) is 16.8 Å². The molecule has 5 rings (SSSR count). The van der Waals surface area contributed by atoms with E-state index in [0.717, 1.165) is 11.0 Å². The van der Waals surface area contributed by atoms with E-state index in [1.165, 1.54) is 29.1 Å². The molecular formula is C24H18Cl2N6O3. The molecule has 4 heterocycles. The van der Waals surface area contributed by atoms with Crippen molar-refractivity contribution in [1.29, 1.82) is 10.5 Å².